The van der Waals surface area contributed by atoms with E-state index in [1.165, 1.54) is 38.5 Å². The Morgan fingerprint density at radius 3 is 1.10 bits per heavy atom. The summed E-state index contributed by atoms with van der Waals surface area (Å²) in [6, 6.07) is 58.8. The predicted octanol–water partition coefficient (Wildman–Crippen LogP) is 17.0. The quantitative estimate of drug-likeness (QED) is 0.128. The minimum atomic E-state index is -0.117. The summed E-state index contributed by atoms with van der Waals surface area (Å²) in [5.41, 5.74) is 11.1. The monoisotopic (exact) mass is 934 g/mol. The van der Waals surface area contributed by atoms with Crippen LogP contribution in [0.25, 0.3) is 77.2 Å². The van der Waals surface area contributed by atoms with Crippen molar-refractivity contribution in [1.29, 1.82) is 0 Å². The first kappa shape index (κ1) is 44.7. The Morgan fingerprint density at radius 1 is 0.408 bits per heavy atom. The van der Waals surface area contributed by atoms with Crippen molar-refractivity contribution in [1.82, 2.24) is 9.13 Å². The molecule has 12 rings (SSSR count). The van der Waals surface area contributed by atoms with Crippen molar-refractivity contribution in [2.45, 2.75) is 96.7 Å². The van der Waals surface area contributed by atoms with Gasteiger partial charge in [0, 0.05) is 50.2 Å². The first-order valence-electron chi connectivity index (χ1n) is 26.1. The second-order valence-electron chi connectivity index (χ2n) is 20.4. The maximum atomic E-state index is 12.5. The van der Waals surface area contributed by atoms with Gasteiger partial charge in [-0.1, -0.05) is 148 Å². The number of ether oxygens (including phenoxy) is 2. The van der Waals surface area contributed by atoms with E-state index in [1.807, 2.05) is 0 Å². The van der Waals surface area contributed by atoms with Crippen LogP contribution in [-0.2, 0) is 0 Å². The molecule has 2 aliphatic carbocycles. The summed E-state index contributed by atoms with van der Waals surface area (Å²) >= 11 is 0. The van der Waals surface area contributed by atoms with E-state index in [0.717, 1.165) is 132 Å². The molecule has 0 aliphatic heterocycles. The van der Waals surface area contributed by atoms with Gasteiger partial charge in [0.1, 0.15) is 35.2 Å². The molecule has 0 radical (unpaired) electrons. The van der Waals surface area contributed by atoms with E-state index in [2.05, 4.69) is 193 Å². The first-order valence-corrected chi connectivity index (χ1v) is 26.1. The average molecular weight is 935 g/mol. The van der Waals surface area contributed by atoms with Crippen molar-refractivity contribution in [3.8, 4) is 56.6 Å². The Balaban J connectivity index is 0.923. The number of para-hydroxylation sites is 6. The molecule has 2 saturated carbocycles. The normalized spacial score (nSPS) is 15.7. The molecule has 0 saturated heterocycles. The zero-order valence-corrected chi connectivity index (χ0v) is 40.9. The van der Waals surface area contributed by atoms with Crippen LogP contribution >= 0.6 is 0 Å². The summed E-state index contributed by atoms with van der Waals surface area (Å²) < 4.78 is 19.4. The van der Waals surface area contributed by atoms with Crippen molar-refractivity contribution in [3.63, 3.8) is 0 Å². The van der Waals surface area contributed by atoms with Crippen LogP contribution in [0, 0.1) is 25.7 Å². The van der Waals surface area contributed by atoms with Crippen LogP contribution in [-0.4, -0.2) is 31.6 Å². The van der Waals surface area contributed by atoms with Crippen LogP contribution < -0.4 is 9.47 Å². The smallest absolute Gasteiger partial charge is 0.147 e. The minimum Gasteiger partial charge on any atom is -0.505 e. The molecule has 2 aliphatic rings. The van der Waals surface area contributed by atoms with Gasteiger partial charge in [0.2, 0.25) is 0 Å². The summed E-state index contributed by atoms with van der Waals surface area (Å²) in [6.07, 6.45) is 12.2. The molecule has 2 N–H and O–H groups in total. The Kier molecular flexibility index (Phi) is 12.0. The minimum absolute atomic E-state index is 0.117. The lowest BCUT2D eigenvalue weighted by atomic mass is 9.78. The van der Waals surface area contributed by atoms with Gasteiger partial charge in [-0.2, -0.15) is 0 Å². The van der Waals surface area contributed by atoms with Gasteiger partial charge in [-0.05, 0) is 123 Å². The molecule has 0 amide bonds. The Labute approximate surface area is 416 Å². The molecule has 6 nitrogen and oxygen atoms in total. The molecular weight excluding hydrogens is 873 g/mol. The van der Waals surface area contributed by atoms with E-state index in [-0.39, 0.29) is 23.7 Å². The molecular formula is C65H62N2O4. The van der Waals surface area contributed by atoms with Gasteiger partial charge in [0.25, 0.3) is 0 Å². The molecule has 6 heteroatoms. The van der Waals surface area contributed by atoms with E-state index in [4.69, 9.17) is 9.47 Å². The van der Waals surface area contributed by atoms with Crippen LogP contribution in [0.4, 0.5) is 0 Å². The van der Waals surface area contributed by atoms with E-state index in [9.17, 15) is 10.2 Å². The van der Waals surface area contributed by atoms with Gasteiger partial charge in [-0.15, -0.1) is 0 Å². The van der Waals surface area contributed by atoms with Crippen molar-refractivity contribution in [2.24, 2.45) is 11.8 Å². The highest BCUT2D eigenvalue weighted by Gasteiger charge is 2.35. The number of aromatic nitrogens is 2. The lowest BCUT2D eigenvalue weighted by Crippen LogP contribution is -2.38. The number of phenolic OH excluding ortho intramolecular Hbond substituents is 2. The highest BCUT2D eigenvalue weighted by atomic mass is 16.5. The van der Waals surface area contributed by atoms with Crippen molar-refractivity contribution < 1.29 is 19.7 Å². The molecule has 8 aromatic carbocycles. The zero-order valence-electron chi connectivity index (χ0n) is 40.9. The second-order valence-corrected chi connectivity index (χ2v) is 20.4. The fourth-order valence-corrected chi connectivity index (χ4v) is 12.5. The number of rotatable bonds is 12. The zero-order chi connectivity index (χ0) is 48.0. The average Bonchev–Trinajstić information content (AvgIpc) is 3.93. The standard InChI is InChI=1S/C65H62N2O4/c1-42-37-52(64(68)58(39-42)66-54-31-15-9-25-46(54)47-26-10-16-32-55(47)66)50-29-13-19-35-60(50)70-62(44-21-5-3-6-22-44)41-63(45-23-7-4-8-24-45)71-61-36-20-14-30-51(61)53-38-43(2)40-59(65(53)69)67-56-33-17-11-27-48(56)49-28-12-18-34-57(49)67/h9-20,25-40,44-45,62-63,68-69H,3-8,21-24,41H2,1-2H3. The molecule has 10 aromatic rings. The van der Waals surface area contributed by atoms with Crippen LogP contribution in [0.3, 0.4) is 0 Å². The second kappa shape index (κ2) is 19.0. The summed E-state index contributed by atoms with van der Waals surface area (Å²) in [5, 5.41) is 29.7. The summed E-state index contributed by atoms with van der Waals surface area (Å²) in [4.78, 5) is 0. The molecule has 356 valence electrons. The molecule has 71 heavy (non-hydrogen) atoms. The number of aromatic hydroxyl groups is 2. The van der Waals surface area contributed by atoms with E-state index in [1.54, 1.807) is 0 Å². The lowest BCUT2D eigenvalue weighted by molar-refractivity contribution is 0.0256. The van der Waals surface area contributed by atoms with Crippen molar-refractivity contribution in [2.75, 3.05) is 0 Å². The number of aryl methyl sites for hydroxylation is 2. The maximum absolute atomic E-state index is 12.5. The number of hydrogen-bond donors (Lipinski definition) is 2. The summed E-state index contributed by atoms with van der Waals surface area (Å²) in [7, 11) is 0. The number of benzene rings is 8. The fourth-order valence-electron chi connectivity index (χ4n) is 12.5. The molecule has 0 spiro atoms. The molecule has 0 bridgehead atoms. The largest absolute Gasteiger partial charge is 0.505 e. The van der Waals surface area contributed by atoms with Gasteiger partial charge < -0.3 is 28.8 Å². The lowest BCUT2D eigenvalue weighted by Gasteiger charge is -2.37. The van der Waals surface area contributed by atoms with Gasteiger partial charge >= 0.3 is 0 Å². The molecule has 2 heterocycles. The highest BCUT2D eigenvalue weighted by molar-refractivity contribution is 6.10. The van der Waals surface area contributed by atoms with Crippen LogP contribution in [0.1, 0.15) is 81.8 Å². The molecule has 2 unspecified atom stereocenters. The number of hydrogen-bond acceptors (Lipinski definition) is 4. The Hall–Kier alpha value is -7.44. The van der Waals surface area contributed by atoms with Crippen molar-refractivity contribution in [3.05, 3.63) is 181 Å². The third kappa shape index (κ3) is 8.27. The van der Waals surface area contributed by atoms with Gasteiger partial charge in [0.15, 0.2) is 0 Å². The third-order valence-electron chi connectivity index (χ3n) is 15.8. The van der Waals surface area contributed by atoms with Crippen molar-refractivity contribution >= 4 is 43.6 Å². The predicted molar refractivity (Wildman–Crippen MR) is 292 cm³/mol. The molecule has 2 atom stereocenters. The van der Waals surface area contributed by atoms with E-state index in [0.29, 0.717) is 11.8 Å². The molecule has 2 aromatic heterocycles. The van der Waals surface area contributed by atoms with Gasteiger partial charge in [-0.25, -0.2) is 0 Å². The topological polar surface area (TPSA) is 68.8 Å². The fraction of sp³-hybridized carbons (Fsp3) is 0.262. The van der Waals surface area contributed by atoms with E-state index < -0.39 is 0 Å². The summed E-state index contributed by atoms with van der Waals surface area (Å²) in [5.74, 6) is 2.73. The third-order valence-corrected chi connectivity index (χ3v) is 15.8. The van der Waals surface area contributed by atoms with Gasteiger partial charge in [0.05, 0.1) is 33.4 Å². The first-order chi connectivity index (χ1) is 34.9. The maximum Gasteiger partial charge on any atom is 0.147 e. The van der Waals surface area contributed by atoms with Crippen LogP contribution in [0.15, 0.2) is 170 Å². The Bertz CT molecular complexity index is 3230. The van der Waals surface area contributed by atoms with E-state index >= 15 is 0 Å². The van der Waals surface area contributed by atoms with Crippen LogP contribution in [0.2, 0.25) is 0 Å². The van der Waals surface area contributed by atoms with Gasteiger partial charge in [-0.3, -0.25) is 0 Å². The molecule has 2 fully saturated rings. The van der Waals surface area contributed by atoms with Crippen LogP contribution in [0.5, 0.6) is 23.0 Å². The summed E-state index contributed by atoms with van der Waals surface area (Å²) in [6.45, 7) is 4.22. The Morgan fingerprint density at radius 2 is 0.732 bits per heavy atom. The number of nitrogens with zero attached hydrogens (tertiary/aromatic N) is 2. The number of phenols is 2. The highest BCUT2D eigenvalue weighted by Crippen LogP contribution is 2.47. The number of fused-ring (bicyclic) bond motifs is 6. The SMILES string of the molecule is Cc1cc(-c2ccccc2OC(CC(Oc2ccccc2-c2cc(C)cc(-n3c4ccccc4c4ccccc43)c2O)C2CCCCC2)C2CCCCC2)c(O)c(-n2c3ccccc3c3ccccc32)c1.